The molecule has 0 spiro atoms. The number of benzene rings is 1. The van der Waals surface area contributed by atoms with Gasteiger partial charge in [-0.25, -0.2) is 4.79 Å². The zero-order valence-electron chi connectivity index (χ0n) is 17.8. The van der Waals surface area contributed by atoms with Gasteiger partial charge >= 0.3 is 5.97 Å². The third-order valence-corrected chi connectivity index (χ3v) is 4.53. The fraction of sp³-hybridized carbons (Fsp3) is 0.450. The molecule has 0 saturated heterocycles. The van der Waals surface area contributed by atoms with E-state index in [4.69, 9.17) is 11.5 Å². The van der Waals surface area contributed by atoms with Gasteiger partial charge in [0, 0.05) is 12.8 Å². The summed E-state index contributed by atoms with van der Waals surface area (Å²) in [6.45, 7) is 2.74. The van der Waals surface area contributed by atoms with Gasteiger partial charge in [0.05, 0.1) is 6.04 Å². The van der Waals surface area contributed by atoms with E-state index in [0.29, 0.717) is 5.56 Å². The lowest BCUT2D eigenvalue weighted by Gasteiger charge is -2.21. The Hall–Kier alpha value is -3.67. The molecule has 0 aliphatic heterocycles. The van der Waals surface area contributed by atoms with Crippen LogP contribution in [0.4, 0.5) is 0 Å². The van der Waals surface area contributed by atoms with Crippen LogP contribution in [0.2, 0.25) is 0 Å². The molecule has 0 fully saturated rings. The van der Waals surface area contributed by atoms with Crippen LogP contribution in [0.3, 0.4) is 0 Å². The van der Waals surface area contributed by atoms with Crippen LogP contribution < -0.4 is 27.4 Å². The monoisotopic (exact) mass is 451 g/mol. The topological polar surface area (TPSA) is 214 Å². The maximum absolute atomic E-state index is 12.4. The Balaban J connectivity index is 2.59. The van der Waals surface area contributed by atoms with Crippen molar-refractivity contribution in [1.29, 1.82) is 0 Å². The molecule has 4 atom stereocenters. The lowest BCUT2D eigenvalue weighted by atomic mass is 10.1. The van der Waals surface area contributed by atoms with Crippen molar-refractivity contribution >= 4 is 29.6 Å². The largest absolute Gasteiger partial charge is 0.508 e. The number of carboxylic acid groups (broad SMARTS) is 1. The van der Waals surface area contributed by atoms with Crippen molar-refractivity contribution in [3.05, 3.63) is 29.8 Å². The number of hydrogen-bond donors (Lipinski definition) is 7. The van der Waals surface area contributed by atoms with E-state index in [2.05, 4.69) is 16.0 Å². The standard InChI is InChI=1S/C20H29N5O7/c1-10(24-19(30)14(21)7-8-16(22)27)17(28)23-11(2)18(29)25-15(20(31)32)9-12-3-5-13(26)6-4-12/h3-6,10-11,14-15,26H,7-9,21H2,1-2H3,(H2,22,27)(H,23,28)(H,24,30)(H,25,29)(H,31,32). The number of carbonyl (C=O) groups excluding carboxylic acids is 4. The van der Waals surface area contributed by atoms with Crippen molar-refractivity contribution < 1.29 is 34.2 Å². The minimum Gasteiger partial charge on any atom is -0.508 e. The van der Waals surface area contributed by atoms with Gasteiger partial charge in [-0.2, -0.15) is 0 Å². The summed E-state index contributed by atoms with van der Waals surface area (Å²) in [5.74, 6) is -3.93. The van der Waals surface area contributed by atoms with Crippen molar-refractivity contribution in [2.24, 2.45) is 11.5 Å². The molecule has 0 aliphatic carbocycles. The third kappa shape index (κ3) is 9.00. The second kappa shape index (κ2) is 12.2. The predicted molar refractivity (Wildman–Crippen MR) is 113 cm³/mol. The van der Waals surface area contributed by atoms with E-state index in [1.165, 1.54) is 38.1 Å². The van der Waals surface area contributed by atoms with E-state index in [-0.39, 0.29) is 25.0 Å². The Morgan fingerprint density at radius 2 is 1.41 bits per heavy atom. The highest BCUT2D eigenvalue weighted by Gasteiger charge is 2.26. The summed E-state index contributed by atoms with van der Waals surface area (Å²) in [4.78, 5) is 58.9. The number of phenols is 1. The fourth-order valence-corrected chi connectivity index (χ4v) is 2.58. The first-order valence-electron chi connectivity index (χ1n) is 9.86. The summed E-state index contributed by atoms with van der Waals surface area (Å²) in [5, 5.41) is 25.8. The molecule has 0 aliphatic rings. The Morgan fingerprint density at radius 3 is 1.91 bits per heavy atom. The highest BCUT2D eigenvalue weighted by Crippen LogP contribution is 2.11. The number of primary amides is 1. The normalized spacial score (nSPS) is 14.3. The number of rotatable bonds is 12. The molecule has 12 heteroatoms. The molecular formula is C20H29N5O7. The van der Waals surface area contributed by atoms with Crippen LogP contribution in [-0.2, 0) is 30.4 Å². The molecule has 1 aromatic rings. The number of hydrogen-bond acceptors (Lipinski definition) is 7. The zero-order valence-corrected chi connectivity index (χ0v) is 17.8. The van der Waals surface area contributed by atoms with Crippen molar-refractivity contribution in [3.8, 4) is 5.75 Å². The minimum absolute atomic E-state index is 0.0198. The Kier molecular flexibility index (Phi) is 10.1. The maximum atomic E-state index is 12.4. The number of aromatic hydroxyl groups is 1. The van der Waals surface area contributed by atoms with Crippen LogP contribution in [0.1, 0.15) is 32.3 Å². The van der Waals surface area contributed by atoms with Gasteiger partial charge in [0.25, 0.3) is 0 Å². The average molecular weight is 451 g/mol. The van der Waals surface area contributed by atoms with Crippen LogP contribution in [0.5, 0.6) is 5.75 Å². The molecule has 0 radical (unpaired) electrons. The lowest BCUT2D eigenvalue weighted by molar-refractivity contribution is -0.142. The summed E-state index contributed by atoms with van der Waals surface area (Å²) in [5.41, 5.74) is 11.2. The molecule has 32 heavy (non-hydrogen) atoms. The molecule has 1 rings (SSSR count). The van der Waals surface area contributed by atoms with Gasteiger partial charge in [0.1, 0.15) is 23.9 Å². The molecule has 9 N–H and O–H groups in total. The van der Waals surface area contributed by atoms with Crippen LogP contribution in [0, 0.1) is 0 Å². The smallest absolute Gasteiger partial charge is 0.326 e. The van der Waals surface area contributed by atoms with Crippen molar-refractivity contribution in [2.75, 3.05) is 0 Å². The molecule has 4 amide bonds. The Bertz CT molecular complexity index is 843. The predicted octanol–water partition coefficient (Wildman–Crippen LogP) is -1.89. The van der Waals surface area contributed by atoms with E-state index < -0.39 is 53.8 Å². The van der Waals surface area contributed by atoms with Crippen molar-refractivity contribution in [2.45, 2.75) is 57.3 Å². The summed E-state index contributed by atoms with van der Waals surface area (Å²) in [6, 6.07) is 1.43. The van der Waals surface area contributed by atoms with E-state index >= 15 is 0 Å². The maximum Gasteiger partial charge on any atom is 0.326 e. The summed E-state index contributed by atoms with van der Waals surface area (Å²) >= 11 is 0. The van der Waals surface area contributed by atoms with Crippen LogP contribution in [0.15, 0.2) is 24.3 Å². The van der Waals surface area contributed by atoms with Crippen molar-refractivity contribution in [1.82, 2.24) is 16.0 Å². The number of amides is 4. The molecule has 0 aromatic heterocycles. The molecule has 1 aromatic carbocycles. The number of phenolic OH excluding ortho intramolecular Hbond substituents is 1. The van der Waals surface area contributed by atoms with E-state index in [0.717, 1.165) is 0 Å². The van der Waals surface area contributed by atoms with E-state index in [1.807, 2.05) is 0 Å². The van der Waals surface area contributed by atoms with Gasteiger partial charge < -0.3 is 37.6 Å². The number of aliphatic carboxylic acids is 1. The van der Waals surface area contributed by atoms with E-state index in [9.17, 15) is 34.2 Å². The van der Waals surface area contributed by atoms with Crippen LogP contribution in [-0.4, -0.2) is 64.0 Å². The van der Waals surface area contributed by atoms with Gasteiger partial charge in [-0.1, -0.05) is 12.1 Å². The van der Waals surface area contributed by atoms with Crippen LogP contribution >= 0.6 is 0 Å². The first-order chi connectivity index (χ1) is 14.9. The summed E-state index contributed by atoms with van der Waals surface area (Å²) in [6.07, 6.45) is -0.0924. The highest BCUT2D eigenvalue weighted by atomic mass is 16.4. The lowest BCUT2D eigenvalue weighted by Crippen LogP contribution is -2.55. The average Bonchev–Trinajstić information content (AvgIpc) is 2.72. The third-order valence-electron chi connectivity index (χ3n) is 4.53. The highest BCUT2D eigenvalue weighted by molar-refractivity contribution is 5.93. The summed E-state index contributed by atoms with van der Waals surface area (Å²) < 4.78 is 0. The summed E-state index contributed by atoms with van der Waals surface area (Å²) in [7, 11) is 0. The molecule has 12 nitrogen and oxygen atoms in total. The van der Waals surface area contributed by atoms with Gasteiger partial charge in [-0.05, 0) is 38.0 Å². The van der Waals surface area contributed by atoms with Gasteiger partial charge in [-0.3, -0.25) is 19.2 Å². The molecule has 4 unspecified atom stereocenters. The van der Waals surface area contributed by atoms with Crippen LogP contribution in [0.25, 0.3) is 0 Å². The van der Waals surface area contributed by atoms with E-state index in [1.54, 1.807) is 0 Å². The van der Waals surface area contributed by atoms with Gasteiger partial charge in [0.15, 0.2) is 0 Å². The number of carbonyl (C=O) groups is 5. The Labute approximate surface area is 184 Å². The SMILES string of the molecule is CC(NC(=O)C(N)CCC(N)=O)C(=O)NC(C)C(=O)NC(Cc1ccc(O)cc1)C(=O)O. The fourth-order valence-electron chi connectivity index (χ4n) is 2.58. The zero-order chi connectivity index (χ0) is 24.4. The molecule has 176 valence electrons. The molecular weight excluding hydrogens is 422 g/mol. The minimum atomic E-state index is -1.27. The molecule has 0 saturated carbocycles. The number of carboxylic acids is 1. The second-order valence-electron chi connectivity index (χ2n) is 7.34. The van der Waals surface area contributed by atoms with Gasteiger partial charge in [-0.15, -0.1) is 0 Å². The quantitative estimate of drug-likeness (QED) is 0.190. The first kappa shape index (κ1) is 26.4. The number of nitrogens with two attached hydrogens (primary N) is 2. The Morgan fingerprint density at radius 1 is 0.906 bits per heavy atom. The van der Waals surface area contributed by atoms with Gasteiger partial charge in [0.2, 0.25) is 23.6 Å². The van der Waals surface area contributed by atoms with Crippen molar-refractivity contribution in [3.63, 3.8) is 0 Å². The molecule has 0 heterocycles. The molecule has 0 bridgehead atoms. The first-order valence-corrected chi connectivity index (χ1v) is 9.86. The number of nitrogens with one attached hydrogen (secondary N) is 3. The second-order valence-corrected chi connectivity index (χ2v) is 7.34.